The number of benzene rings is 3. The van der Waals surface area contributed by atoms with E-state index in [9.17, 15) is 4.79 Å². The van der Waals surface area contributed by atoms with E-state index in [2.05, 4.69) is 58.4 Å². The molecule has 0 spiro atoms. The first-order valence-electron chi connectivity index (χ1n) is 13.2. The number of fused-ring (bicyclic) bond motifs is 1. The van der Waals surface area contributed by atoms with Gasteiger partial charge in [0.25, 0.3) is 0 Å². The number of hydrogen-bond acceptors (Lipinski definition) is 4. The Morgan fingerprint density at radius 1 is 0.921 bits per heavy atom. The topological polar surface area (TPSA) is 57.8 Å². The van der Waals surface area contributed by atoms with Crippen molar-refractivity contribution in [3.63, 3.8) is 0 Å². The number of piperazine rings is 1. The summed E-state index contributed by atoms with van der Waals surface area (Å²) in [7, 11) is 3.30. The van der Waals surface area contributed by atoms with Gasteiger partial charge < -0.3 is 19.4 Å². The molecule has 1 fully saturated rings. The maximum atomic E-state index is 13.6. The van der Waals surface area contributed by atoms with Crippen molar-refractivity contribution < 1.29 is 14.3 Å². The van der Waals surface area contributed by atoms with Crippen LogP contribution in [0.2, 0.25) is 0 Å². The Morgan fingerprint density at radius 3 is 2.32 bits per heavy atom. The summed E-state index contributed by atoms with van der Waals surface area (Å²) in [5, 5.41) is 1.13. The molecule has 0 bridgehead atoms. The minimum atomic E-state index is -0.130. The third kappa shape index (κ3) is 5.92. The third-order valence-corrected chi connectivity index (χ3v) is 7.35. The molecular weight excluding hydrogens is 474 g/mol. The maximum Gasteiger partial charge on any atom is 0.223 e. The molecule has 1 unspecified atom stereocenters. The average Bonchev–Trinajstić information content (AvgIpc) is 3.40. The standard InChI is InChI=1S/C32H35N3O3/c1-37-26-19-25(20-27(21-26)38-2)29(30-23-33-31-13-7-6-12-28(30)31)22-32(36)35-17-15-34(16-18-35)14-8-11-24-9-4-3-5-10-24/h3-13,19-21,23,29,33H,14-18,22H2,1-2H3/b11-8+. The minimum Gasteiger partial charge on any atom is -0.497 e. The molecule has 1 N–H and O–H groups in total. The molecule has 1 aliphatic heterocycles. The number of aromatic nitrogens is 1. The summed E-state index contributed by atoms with van der Waals surface area (Å²) in [6.45, 7) is 4.10. The number of hydrogen-bond donors (Lipinski definition) is 1. The molecule has 2 heterocycles. The van der Waals surface area contributed by atoms with Crippen molar-refractivity contribution in [3.05, 3.63) is 102 Å². The zero-order chi connectivity index (χ0) is 26.3. The van der Waals surface area contributed by atoms with Crippen LogP contribution in [0.3, 0.4) is 0 Å². The number of nitrogens with one attached hydrogen (secondary N) is 1. The number of ether oxygens (including phenoxy) is 2. The number of aromatic amines is 1. The lowest BCUT2D eigenvalue weighted by atomic mass is 9.87. The molecule has 6 heteroatoms. The smallest absolute Gasteiger partial charge is 0.223 e. The van der Waals surface area contributed by atoms with E-state index in [0.29, 0.717) is 17.9 Å². The molecule has 0 radical (unpaired) electrons. The predicted molar refractivity (Wildman–Crippen MR) is 153 cm³/mol. The summed E-state index contributed by atoms with van der Waals surface area (Å²) in [5.74, 6) is 1.47. The van der Waals surface area contributed by atoms with Gasteiger partial charge in [0.15, 0.2) is 0 Å². The van der Waals surface area contributed by atoms with Crippen LogP contribution < -0.4 is 9.47 Å². The van der Waals surface area contributed by atoms with Crippen LogP contribution in [0.4, 0.5) is 0 Å². The first-order valence-corrected chi connectivity index (χ1v) is 13.2. The van der Waals surface area contributed by atoms with Crippen molar-refractivity contribution in [2.24, 2.45) is 0 Å². The number of nitrogens with zero attached hydrogens (tertiary/aromatic N) is 2. The van der Waals surface area contributed by atoms with Crippen molar-refractivity contribution in [3.8, 4) is 11.5 Å². The van der Waals surface area contributed by atoms with Crippen LogP contribution in [0.15, 0.2) is 85.1 Å². The summed E-state index contributed by atoms with van der Waals surface area (Å²) in [6, 6.07) is 24.5. The second-order valence-corrected chi connectivity index (χ2v) is 9.69. The lowest BCUT2D eigenvalue weighted by Crippen LogP contribution is -2.48. The van der Waals surface area contributed by atoms with E-state index >= 15 is 0 Å². The van der Waals surface area contributed by atoms with E-state index < -0.39 is 0 Å². The van der Waals surface area contributed by atoms with E-state index in [1.807, 2.05) is 47.5 Å². The normalized spacial score (nSPS) is 15.2. The fraction of sp³-hybridized carbons (Fsp3) is 0.281. The van der Waals surface area contributed by atoms with Gasteiger partial charge in [0.2, 0.25) is 5.91 Å². The van der Waals surface area contributed by atoms with Crippen LogP contribution in [-0.4, -0.2) is 67.6 Å². The number of methoxy groups -OCH3 is 2. The predicted octanol–water partition coefficient (Wildman–Crippen LogP) is 5.56. The second kappa shape index (κ2) is 12.0. The molecule has 1 saturated heterocycles. The van der Waals surface area contributed by atoms with Crippen molar-refractivity contribution in [1.29, 1.82) is 0 Å². The molecule has 1 atom stereocenters. The summed E-state index contributed by atoms with van der Waals surface area (Å²) < 4.78 is 11.1. The lowest BCUT2D eigenvalue weighted by Gasteiger charge is -2.35. The zero-order valence-corrected chi connectivity index (χ0v) is 22.1. The molecule has 38 heavy (non-hydrogen) atoms. The average molecular weight is 510 g/mol. The van der Waals surface area contributed by atoms with E-state index in [-0.39, 0.29) is 11.8 Å². The maximum absolute atomic E-state index is 13.6. The fourth-order valence-electron chi connectivity index (χ4n) is 5.21. The highest BCUT2D eigenvalue weighted by atomic mass is 16.5. The lowest BCUT2D eigenvalue weighted by molar-refractivity contribution is -0.133. The summed E-state index contributed by atoms with van der Waals surface area (Å²) in [5.41, 5.74) is 4.38. The Hall–Kier alpha value is -4.03. The van der Waals surface area contributed by atoms with Crippen LogP contribution in [0.25, 0.3) is 17.0 Å². The van der Waals surface area contributed by atoms with E-state index in [4.69, 9.17) is 9.47 Å². The summed E-state index contributed by atoms with van der Waals surface area (Å²) in [4.78, 5) is 21.4. The Kier molecular flexibility index (Phi) is 8.09. The second-order valence-electron chi connectivity index (χ2n) is 9.69. The monoisotopic (exact) mass is 509 g/mol. The van der Waals surface area contributed by atoms with Crippen molar-refractivity contribution in [1.82, 2.24) is 14.8 Å². The van der Waals surface area contributed by atoms with Gasteiger partial charge in [0, 0.05) is 68.2 Å². The molecule has 3 aromatic carbocycles. The van der Waals surface area contributed by atoms with Crippen molar-refractivity contribution in [2.75, 3.05) is 46.9 Å². The molecule has 0 aliphatic carbocycles. The van der Waals surface area contributed by atoms with Crippen LogP contribution in [-0.2, 0) is 4.79 Å². The van der Waals surface area contributed by atoms with Gasteiger partial charge in [-0.3, -0.25) is 9.69 Å². The number of H-pyrrole nitrogens is 1. The Balaban J connectivity index is 1.31. The molecule has 0 saturated carbocycles. The molecule has 4 aromatic rings. The number of para-hydroxylation sites is 1. The van der Waals surface area contributed by atoms with E-state index in [1.165, 1.54) is 5.56 Å². The number of carbonyl (C=O) groups is 1. The van der Waals surface area contributed by atoms with E-state index in [0.717, 1.165) is 54.8 Å². The highest BCUT2D eigenvalue weighted by Gasteiger charge is 2.27. The Labute approximate surface area is 224 Å². The van der Waals surface area contributed by atoms with Gasteiger partial charge in [-0.2, -0.15) is 0 Å². The Morgan fingerprint density at radius 2 is 1.61 bits per heavy atom. The fourth-order valence-corrected chi connectivity index (χ4v) is 5.21. The molecule has 5 rings (SSSR count). The molecule has 1 aromatic heterocycles. The van der Waals surface area contributed by atoms with Crippen LogP contribution in [0.5, 0.6) is 11.5 Å². The summed E-state index contributed by atoms with van der Waals surface area (Å²) in [6.07, 6.45) is 6.78. The molecule has 6 nitrogen and oxygen atoms in total. The SMILES string of the molecule is COc1cc(OC)cc(C(CC(=O)N2CCN(C/C=C/c3ccccc3)CC2)c2c[nH]c3ccccc23)c1. The first-order chi connectivity index (χ1) is 18.6. The Bertz CT molecular complexity index is 1370. The van der Waals surface area contributed by atoms with Gasteiger partial charge in [-0.25, -0.2) is 0 Å². The molecule has 196 valence electrons. The molecular formula is C32H35N3O3. The van der Waals surface area contributed by atoms with Gasteiger partial charge in [-0.05, 0) is 34.9 Å². The van der Waals surface area contributed by atoms with Gasteiger partial charge in [0.05, 0.1) is 14.2 Å². The number of carbonyl (C=O) groups excluding carboxylic acids is 1. The summed E-state index contributed by atoms with van der Waals surface area (Å²) >= 11 is 0. The van der Waals surface area contributed by atoms with Gasteiger partial charge in [-0.15, -0.1) is 0 Å². The quantitative estimate of drug-likeness (QED) is 0.321. The molecule has 1 amide bonds. The van der Waals surface area contributed by atoms with Crippen LogP contribution in [0, 0.1) is 0 Å². The molecule has 1 aliphatic rings. The van der Waals surface area contributed by atoms with Crippen LogP contribution >= 0.6 is 0 Å². The van der Waals surface area contributed by atoms with Gasteiger partial charge >= 0.3 is 0 Å². The number of amides is 1. The van der Waals surface area contributed by atoms with E-state index in [1.54, 1.807) is 14.2 Å². The largest absolute Gasteiger partial charge is 0.497 e. The van der Waals surface area contributed by atoms with Crippen molar-refractivity contribution in [2.45, 2.75) is 12.3 Å². The van der Waals surface area contributed by atoms with Gasteiger partial charge in [0.1, 0.15) is 11.5 Å². The minimum absolute atomic E-state index is 0.130. The zero-order valence-electron chi connectivity index (χ0n) is 22.1. The highest BCUT2D eigenvalue weighted by Crippen LogP contribution is 2.37. The highest BCUT2D eigenvalue weighted by molar-refractivity contribution is 5.86. The van der Waals surface area contributed by atoms with Gasteiger partial charge in [-0.1, -0.05) is 60.7 Å². The van der Waals surface area contributed by atoms with Crippen LogP contribution in [0.1, 0.15) is 29.0 Å². The first kappa shape index (κ1) is 25.6. The third-order valence-electron chi connectivity index (χ3n) is 7.35. The number of rotatable bonds is 9. The van der Waals surface area contributed by atoms with Crippen molar-refractivity contribution >= 4 is 22.9 Å².